The largest absolute Gasteiger partial charge is 0.408 e. The lowest BCUT2D eigenvalue weighted by Gasteiger charge is -2.20. The van der Waals surface area contributed by atoms with Crippen LogP contribution in [-0.4, -0.2) is 36.9 Å². The molecule has 1 N–H and O–H groups in total. The normalized spacial score (nSPS) is 16.0. The van der Waals surface area contributed by atoms with Crippen LogP contribution >= 0.6 is 11.5 Å². The fourth-order valence-corrected chi connectivity index (χ4v) is 3.40. The predicted octanol–water partition coefficient (Wildman–Crippen LogP) is 3.23. The standard InChI is InChI=1S/C16H14F3N5OS/c1-8-4-11(10-5-21-26-6-10)22-14-12(20-7-24(8)14)15(25)23-13(9-2-3-9)16(17,18)19/h4-7,9,13H,2-3H2,1H3,(H,23,25). The number of carbonyl (C=O) groups excluding carboxylic acids is 1. The van der Waals surface area contributed by atoms with Crippen LogP contribution in [0.25, 0.3) is 16.9 Å². The molecule has 0 spiro atoms. The maximum absolute atomic E-state index is 13.2. The van der Waals surface area contributed by atoms with Gasteiger partial charge in [0.2, 0.25) is 0 Å². The fourth-order valence-electron chi connectivity index (χ4n) is 2.87. The number of aryl methyl sites for hydroxylation is 1. The van der Waals surface area contributed by atoms with Crippen molar-refractivity contribution in [2.24, 2.45) is 5.92 Å². The van der Waals surface area contributed by atoms with Gasteiger partial charge in [-0.1, -0.05) is 0 Å². The molecular formula is C16H14F3N5OS. The van der Waals surface area contributed by atoms with Crippen molar-refractivity contribution < 1.29 is 18.0 Å². The van der Waals surface area contributed by atoms with Crippen LogP contribution in [0.15, 0.2) is 24.0 Å². The van der Waals surface area contributed by atoms with E-state index in [1.54, 1.807) is 16.0 Å². The van der Waals surface area contributed by atoms with Gasteiger partial charge in [-0.05, 0) is 43.3 Å². The molecule has 3 aromatic heterocycles. The average Bonchev–Trinajstić information content (AvgIpc) is 3.09. The number of alkyl halides is 3. The zero-order valence-corrected chi connectivity index (χ0v) is 14.4. The number of carbonyl (C=O) groups is 1. The number of halogens is 3. The molecule has 26 heavy (non-hydrogen) atoms. The smallest absolute Gasteiger partial charge is 0.339 e. The molecule has 6 nitrogen and oxygen atoms in total. The number of nitrogens with zero attached hydrogens (tertiary/aromatic N) is 4. The highest BCUT2D eigenvalue weighted by Crippen LogP contribution is 2.40. The second kappa shape index (κ2) is 6.04. The predicted molar refractivity (Wildman–Crippen MR) is 88.9 cm³/mol. The fraction of sp³-hybridized carbons (Fsp3) is 0.375. The van der Waals surface area contributed by atoms with Crippen molar-refractivity contribution >= 4 is 23.1 Å². The van der Waals surface area contributed by atoms with Gasteiger partial charge in [0, 0.05) is 16.6 Å². The first-order chi connectivity index (χ1) is 12.3. The monoisotopic (exact) mass is 381 g/mol. The summed E-state index contributed by atoms with van der Waals surface area (Å²) >= 11 is 1.26. The van der Waals surface area contributed by atoms with E-state index in [1.807, 2.05) is 13.0 Å². The second-order valence-electron chi connectivity index (χ2n) is 6.31. The first-order valence-corrected chi connectivity index (χ1v) is 8.80. The quantitative estimate of drug-likeness (QED) is 0.753. The van der Waals surface area contributed by atoms with Gasteiger partial charge < -0.3 is 5.32 Å². The van der Waals surface area contributed by atoms with Crippen molar-refractivity contribution in [3.63, 3.8) is 0 Å². The molecule has 1 unspecified atom stereocenters. The van der Waals surface area contributed by atoms with Crippen LogP contribution in [0, 0.1) is 12.8 Å². The first-order valence-electron chi connectivity index (χ1n) is 7.96. The van der Waals surface area contributed by atoms with Crippen LogP contribution in [0.3, 0.4) is 0 Å². The Morgan fingerprint density at radius 1 is 1.42 bits per heavy atom. The van der Waals surface area contributed by atoms with Crippen LogP contribution in [0.4, 0.5) is 13.2 Å². The SMILES string of the molecule is Cc1cc(-c2cnsc2)nc2c(C(=O)NC(C3CC3)C(F)(F)F)ncn12. The van der Waals surface area contributed by atoms with Gasteiger partial charge in [0.15, 0.2) is 11.3 Å². The van der Waals surface area contributed by atoms with Crippen LogP contribution in [0.2, 0.25) is 0 Å². The second-order valence-corrected chi connectivity index (χ2v) is 6.97. The number of hydrogen-bond donors (Lipinski definition) is 1. The highest BCUT2D eigenvalue weighted by Gasteiger charge is 2.50. The summed E-state index contributed by atoms with van der Waals surface area (Å²) in [5.74, 6) is -1.43. The molecule has 3 aromatic rings. The molecule has 1 fully saturated rings. The third-order valence-electron chi connectivity index (χ3n) is 4.37. The molecule has 0 radical (unpaired) electrons. The summed E-state index contributed by atoms with van der Waals surface area (Å²) in [5, 5.41) is 3.90. The van der Waals surface area contributed by atoms with E-state index in [1.165, 1.54) is 17.9 Å². The molecule has 0 aromatic carbocycles. The van der Waals surface area contributed by atoms with Gasteiger partial charge >= 0.3 is 6.18 Å². The molecule has 1 saturated carbocycles. The number of imidazole rings is 1. The van der Waals surface area contributed by atoms with Crippen molar-refractivity contribution in [3.8, 4) is 11.3 Å². The van der Waals surface area contributed by atoms with E-state index in [0.717, 1.165) is 11.3 Å². The number of aromatic nitrogens is 4. The van der Waals surface area contributed by atoms with Crippen LogP contribution in [0.1, 0.15) is 29.0 Å². The lowest BCUT2D eigenvalue weighted by molar-refractivity contribution is -0.158. The zero-order valence-electron chi connectivity index (χ0n) is 13.6. The minimum absolute atomic E-state index is 0.118. The third kappa shape index (κ3) is 3.05. The lowest BCUT2D eigenvalue weighted by atomic mass is 10.1. The maximum Gasteiger partial charge on any atom is 0.408 e. The molecule has 1 atom stereocenters. The van der Waals surface area contributed by atoms with Gasteiger partial charge in [-0.15, -0.1) is 0 Å². The first kappa shape index (κ1) is 17.0. The zero-order chi connectivity index (χ0) is 18.5. The van der Waals surface area contributed by atoms with E-state index in [0.29, 0.717) is 18.5 Å². The lowest BCUT2D eigenvalue weighted by Crippen LogP contribution is -2.47. The Balaban J connectivity index is 1.71. The van der Waals surface area contributed by atoms with Crippen LogP contribution in [0.5, 0.6) is 0 Å². The van der Waals surface area contributed by atoms with Gasteiger partial charge in [-0.3, -0.25) is 9.20 Å². The van der Waals surface area contributed by atoms with E-state index in [2.05, 4.69) is 19.7 Å². The van der Waals surface area contributed by atoms with Crippen molar-refractivity contribution in [1.29, 1.82) is 0 Å². The summed E-state index contributed by atoms with van der Waals surface area (Å²) < 4.78 is 45.1. The van der Waals surface area contributed by atoms with E-state index < -0.39 is 24.0 Å². The molecule has 1 amide bonds. The molecule has 4 rings (SSSR count). The highest BCUT2D eigenvalue weighted by atomic mass is 32.1. The number of nitrogens with one attached hydrogen (secondary N) is 1. The maximum atomic E-state index is 13.2. The summed E-state index contributed by atoms with van der Waals surface area (Å²) in [7, 11) is 0. The van der Waals surface area contributed by atoms with Crippen molar-refractivity contribution in [2.75, 3.05) is 0 Å². The molecule has 10 heteroatoms. The average molecular weight is 381 g/mol. The van der Waals surface area contributed by atoms with Crippen molar-refractivity contribution in [1.82, 2.24) is 24.1 Å². The molecule has 1 aliphatic rings. The molecule has 3 heterocycles. The molecule has 0 bridgehead atoms. The molecule has 0 aliphatic heterocycles. The topological polar surface area (TPSA) is 72.2 Å². The minimum atomic E-state index is -4.48. The van der Waals surface area contributed by atoms with Crippen LogP contribution < -0.4 is 5.32 Å². The Morgan fingerprint density at radius 2 is 2.19 bits per heavy atom. The number of hydrogen-bond acceptors (Lipinski definition) is 5. The summed E-state index contributed by atoms with van der Waals surface area (Å²) in [6.07, 6.45) is -0.529. The summed E-state index contributed by atoms with van der Waals surface area (Å²) in [5.41, 5.74) is 2.23. The highest BCUT2D eigenvalue weighted by molar-refractivity contribution is 7.03. The Hall–Kier alpha value is -2.49. The van der Waals surface area contributed by atoms with Crippen molar-refractivity contribution in [2.45, 2.75) is 32.0 Å². The minimum Gasteiger partial charge on any atom is -0.339 e. The number of amides is 1. The molecule has 136 valence electrons. The molecular weight excluding hydrogens is 367 g/mol. The Kier molecular flexibility index (Phi) is 3.94. The van der Waals surface area contributed by atoms with E-state index in [-0.39, 0.29) is 11.3 Å². The van der Waals surface area contributed by atoms with Gasteiger partial charge in [0.1, 0.15) is 12.4 Å². The number of fused-ring (bicyclic) bond motifs is 1. The summed E-state index contributed by atoms with van der Waals surface area (Å²) in [4.78, 5) is 20.9. The Morgan fingerprint density at radius 3 is 2.81 bits per heavy atom. The van der Waals surface area contributed by atoms with E-state index in [9.17, 15) is 18.0 Å². The van der Waals surface area contributed by atoms with E-state index >= 15 is 0 Å². The van der Waals surface area contributed by atoms with Gasteiger partial charge in [0.05, 0.1) is 11.9 Å². The van der Waals surface area contributed by atoms with Crippen molar-refractivity contribution in [3.05, 3.63) is 35.4 Å². The Bertz CT molecular complexity index is 962. The van der Waals surface area contributed by atoms with Gasteiger partial charge in [-0.25, -0.2) is 14.3 Å². The van der Waals surface area contributed by atoms with Gasteiger partial charge in [0.25, 0.3) is 5.91 Å². The number of rotatable bonds is 4. The summed E-state index contributed by atoms with van der Waals surface area (Å²) in [6.45, 7) is 1.81. The van der Waals surface area contributed by atoms with Crippen LogP contribution in [-0.2, 0) is 0 Å². The molecule has 1 aliphatic carbocycles. The summed E-state index contributed by atoms with van der Waals surface area (Å²) in [6, 6.07) is -0.0416. The Labute approximate surface area is 150 Å². The van der Waals surface area contributed by atoms with E-state index in [4.69, 9.17) is 0 Å². The third-order valence-corrected chi connectivity index (χ3v) is 4.96. The van der Waals surface area contributed by atoms with Gasteiger partial charge in [-0.2, -0.15) is 13.2 Å². The molecule has 0 saturated heterocycles.